The van der Waals surface area contributed by atoms with E-state index < -0.39 is 5.41 Å². The number of hydrogen-bond acceptors (Lipinski definition) is 2. The molecule has 112 valence electrons. The Bertz CT molecular complexity index is 358. The van der Waals surface area contributed by atoms with Gasteiger partial charge in [-0.2, -0.15) is 5.26 Å². The van der Waals surface area contributed by atoms with E-state index >= 15 is 0 Å². The van der Waals surface area contributed by atoms with Gasteiger partial charge in [0, 0.05) is 6.54 Å². The van der Waals surface area contributed by atoms with Crippen LogP contribution in [0.2, 0.25) is 0 Å². The first-order valence-corrected chi connectivity index (χ1v) is 8.39. The zero-order chi connectivity index (χ0) is 14.4. The van der Waals surface area contributed by atoms with Crippen LogP contribution in [0.4, 0.5) is 0 Å². The van der Waals surface area contributed by atoms with Crippen LogP contribution in [-0.2, 0) is 4.79 Å². The van der Waals surface area contributed by atoms with E-state index in [1.54, 1.807) is 0 Å². The molecule has 1 N–H and O–H groups in total. The number of amides is 1. The minimum absolute atomic E-state index is 0.00249. The van der Waals surface area contributed by atoms with Crippen LogP contribution in [0.3, 0.4) is 0 Å². The second-order valence-corrected chi connectivity index (χ2v) is 6.76. The smallest absolute Gasteiger partial charge is 0.240 e. The fourth-order valence-corrected chi connectivity index (χ4v) is 3.80. The Hall–Kier alpha value is -1.04. The maximum Gasteiger partial charge on any atom is 0.240 e. The summed E-state index contributed by atoms with van der Waals surface area (Å²) in [7, 11) is 0. The lowest BCUT2D eigenvalue weighted by Crippen LogP contribution is -2.43. The molecule has 2 aliphatic rings. The highest BCUT2D eigenvalue weighted by Gasteiger charge is 2.39. The van der Waals surface area contributed by atoms with E-state index in [-0.39, 0.29) is 5.91 Å². The van der Waals surface area contributed by atoms with Crippen LogP contribution in [-0.4, -0.2) is 12.5 Å². The zero-order valence-electron chi connectivity index (χ0n) is 12.8. The molecule has 0 aromatic rings. The van der Waals surface area contributed by atoms with E-state index in [0.717, 1.165) is 44.6 Å². The van der Waals surface area contributed by atoms with E-state index in [9.17, 15) is 10.1 Å². The molecule has 0 bridgehead atoms. The summed E-state index contributed by atoms with van der Waals surface area (Å²) in [4.78, 5) is 12.4. The Labute approximate surface area is 123 Å². The maximum absolute atomic E-state index is 12.4. The molecular formula is C17H28N2O. The molecule has 0 spiro atoms. The number of hydrogen-bond donors (Lipinski definition) is 1. The number of rotatable bonds is 4. The van der Waals surface area contributed by atoms with Crippen LogP contribution in [0.5, 0.6) is 0 Å². The molecule has 0 heterocycles. The fraction of sp³-hybridized carbons (Fsp3) is 0.882. The third-order valence-corrected chi connectivity index (χ3v) is 5.45. The normalized spacial score (nSPS) is 29.4. The minimum atomic E-state index is -0.723. The van der Waals surface area contributed by atoms with E-state index in [1.165, 1.54) is 32.1 Å². The summed E-state index contributed by atoms with van der Waals surface area (Å²) in [5, 5.41) is 12.5. The number of nitriles is 1. The summed E-state index contributed by atoms with van der Waals surface area (Å²) in [6.07, 6.45) is 11.1. The molecule has 0 aromatic carbocycles. The second kappa shape index (κ2) is 7.11. The lowest BCUT2D eigenvalue weighted by Gasteiger charge is -2.31. The first kappa shape index (κ1) is 15.4. The maximum atomic E-state index is 12.4. The molecule has 2 aliphatic carbocycles. The lowest BCUT2D eigenvalue weighted by atomic mass is 9.74. The third-order valence-electron chi connectivity index (χ3n) is 5.45. The van der Waals surface area contributed by atoms with Crippen molar-refractivity contribution in [3.8, 4) is 6.07 Å². The largest absolute Gasteiger partial charge is 0.354 e. The summed E-state index contributed by atoms with van der Waals surface area (Å²) < 4.78 is 0. The van der Waals surface area contributed by atoms with Gasteiger partial charge in [-0.1, -0.05) is 45.4 Å². The first-order valence-electron chi connectivity index (χ1n) is 8.39. The summed E-state index contributed by atoms with van der Waals surface area (Å²) in [5.41, 5.74) is -0.723. The summed E-state index contributed by atoms with van der Waals surface area (Å²) in [5.74, 6) is 1.52. The van der Waals surface area contributed by atoms with Gasteiger partial charge in [0.2, 0.25) is 5.91 Å². The van der Waals surface area contributed by atoms with Crippen LogP contribution in [0, 0.1) is 28.6 Å². The van der Waals surface area contributed by atoms with E-state index in [2.05, 4.69) is 18.3 Å². The van der Waals surface area contributed by atoms with Crippen molar-refractivity contribution in [1.29, 1.82) is 5.26 Å². The van der Waals surface area contributed by atoms with Gasteiger partial charge in [-0.25, -0.2) is 0 Å². The van der Waals surface area contributed by atoms with Crippen molar-refractivity contribution in [3.63, 3.8) is 0 Å². The number of nitrogens with one attached hydrogen (secondary N) is 1. The van der Waals surface area contributed by atoms with E-state index in [4.69, 9.17) is 0 Å². The molecule has 0 atom stereocenters. The van der Waals surface area contributed by atoms with Crippen molar-refractivity contribution in [3.05, 3.63) is 0 Å². The van der Waals surface area contributed by atoms with Gasteiger partial charge in [-0.15, -0.1) is 0 Å². The Morgan fingerprint density at radius 1 is 1.15 bits per heavy atom. The zero-order valence-corrected chi connectivity index (χ0v) is 12.8. The Balaban J connectivity index is 1.79. The lowest BCUT2D eigenvalue weighted by molar-refractivity contribution is -0.129. The number of carbonyl (C=O) groups is 1. The second-order valence-electron chi connectivity index (χ2n) is 6.76. The molecule has 0 aliphatic heterocycles. The van der Waals surface area contributed by atoms with Gasteiger partial charge in [0.25, 0.3) is 0 Å². The highest BCUT2D eigenvalue weighted by atomic mass is 16.2. The van der Waals surface area contributed by atoms with E-state index in [0.29, 0.717) is 5.92 Å². The standard InChI is InChI=1S/C17H28N2O/c1-2-14-6-8-15(9-7-14)12-19-16(20)17(13-18)10-4-3-5-11-17/h14-15H,2-12H2,1H3,(H,19,20). The predicted molar refractivity (Wildman–Crippen MR) is 79.9 cm³/mol. The molecule has 1 amide bonds. The minimum Gasteiger partial charge on any atom is -0.354 e. The van der Waals surface area contributed by atoms with Crippen molar-refractivity contribution in [1.82, 2.24) is 5.32 Å². The van der Waals surface area contributed by atoms with Gasteiger partial charge in [0.1, 0.15) is 5.41 Å². The summed E-state index contributed by atoms with van der Waals surface area (Å²) >= 11 is 0. The molecule has 0 aromatic heterocycles. The molecule has 0 saturated heterocycles. The van der Waals surface area contributed by atoms with Crippen molar-refractivity contribution < 1.29 is 4.79 Å². The number of nitrogens with zero attached hydrogens (tertiary/aromatic N) is 1. The SMILES string of the molecule is CCC1CCC(CNC(=O)C2(C#N)CCCCC2)CC1. The van der Waals surface area contributed by atoms with Crippen LogP contribution in [0.25, 0.3) is 0 Å². The third kappa shape index (κ3) is 3.53. The fourth-order valence-electron chi connectivity index (χ4n) is 3.80. The molecule has 3 nitrogen and oxygen atoms in total. The van der Waals surface area contributed by atoms with E-state index in [1.807, 2.05) is 0 Å². The van der Waals surface area contributed by atoms with Gasteiger partial charge < -0.3 is 5.32 Å². The quantitative estimate of drug-likeness (QED) is 0.849. The Morgan fingerprint density at radius 3 is 2.30 bits per heavy atom. The highest BCUT2D eigenvalue weighted by Crippen LogP contribution is 2.36. The summed E-state index contributed by atoms with van der Waals surface area (Å²) in [6.45, 7) is 3.05. The molecular weight excluding hydrogens is 248 g/mol. The molecule has 0 radical (unpaired) electrons. The van der Waals surface area contributed by atoms with Crippen LogP contribution in [0.15, 0.2) is 0 Å². The van der Waals surface area contributed by atoms with Crippen molar-refractivity contribution in [2.24, 2.45) is 17.3 Å². The topological polar surface area (TPSA) is 52.9 Å². The monoisotopic (exact) mass is 276 g/mol. The van der Waals surface area contributed by atoms with Crippen molar-refractivity contribution in [2.45, 2.75) is 71.1 Å². The Kier molecular flexibility index (Phi) is 5.46. The van der Waals surface area contributed by atoms with Gasteiger partial charge in [0.15, 0.2) is 0 Å². The molecule has 3 heteroatoms. The van der Waals surface area contributed by atoms with Crippen molar-refractivity contribution >= 4 is 5.91 Å². The van der Waals surface area contributed by atoms with Crippen LogP contribution < -0.4 is 5.32 Å². The molecule has 2 fully saturated rings. The van der Waals surface area contributed by atoms with Gasteiger partial charge in [-0.3, -0.25) is 4.79 Å². The van der Waals surface area contributed by atoms with Gasteiger partial charge in [0.05, 0.1) is 6.07 Å². The highest BCUT2D eigenvalue weighted by molar-refractivity contribution is 5.85. The van der Waals surface area contributed by atoms with Crippen molar-refractivity contribution in [2.75, 3.05) is 6.54 Å². The Morgan fingerprint density at radius 2 is 1.75 bits per heavy atom. The molecule has 2 rings (SSSR count). The number of carbonyl (C=O) groups excluding carboxylic acids is 1. The average molecular weight is 276 g/mol. The molecule has 0 unspecified atom stereocenters. The average Bonchev–Trinajstić information content (AvgIpc) is 2.53. The van der Waals surface area contributed by atoms with Crippen LogP contribution in [0.1, 0.15) is 71.1 Å². The van der Waals surface area contributed by atoms with Crippen LogP contribution >= 0.6 is 0 Å². The van der Waals surface area contributed by atoms with Gasteiger partial charge >= 0.3 is 0 Å². The molecule has 20 heavy (non-hydrogen) atoms. The first-order chi connectivity index (χ1) is 9.70. The molecule has 2 saturated carbocycles. The van der Waals surface area contributed by atoms with Gasteiger partial charge in [-0.05, 0) is 37.5 Å². The predicted octanol–water partition coefficient (Wildman–Crippen LogP) is 3.79. The summed E-state index contributed by atoms with van der Waals surface area (Å²) in [6, 6.07) is 2.31.